The van der Waals surface area contributed by atoms with Gasteiger partial charge in [0, 0.05) is 6.07 Å². The molecule has 0 aliphatic rings. The van der Waals surface area contributed by atoms with E-state index in [1.807, 2.05) is 0 Å². The molecule has 0 fully saturated rings. The van der Waals surface area contributed by atoms with Crippen LogP contribution in [-0.2, 0) is 0 Å². The Bertz CT molecular complexity index is 349. The van der Waals surface area contributed by atoms with E-state index in [-0.39, 0.29) is 11.4 Å². The van der Waals surface area contributed by atoms with Gasteiger partial charge in [0.25, 0.3) is 0 Å². The molecule has 5 heteroatoms. The Hall–Kier alpha value is -1.62. The second kappa shape index (κ2) is 4.06. The number of aliphatic hydroxyl groups is 1. The summed E-state index contributed by atoms with van der Waals surface area (Å²) in [6.45, 7) is 1.58. The second-order valence-electron chi connectivity index (χ2n) is 2.86. The van der Waals surface area contributed by atoms with Crippen molar-refractivity contribution in [1.29, 1.82) is 0 Å². The van der Waals surface area contributed by atoms with Crippen LogP contribution >= 0.6 is 0 Å². The van der Waals surface area contributed by atoms with Gasteiger partial charge >= 0.3 is 5.69 Å². The Morgan fingerprint density at radius 2 is 2.21 bits per heavy atom. The topological polar surface area (TPSA) is 72.6 Å². The third-order valence-electron chi connectivity index (χ3n) is 1.88. The third-order valence-corrected chi connectivity index (χ3v) is 1.88. The van der Waals surface area contributed by atoms with Crippen molar-refractivity contribution < 1.29 is 14.8 Å². The highest BCUT2D eigenvalue weighted by molar-refractivity contribution is 5.48. The molecule has 0 heterocycles. The molecule has 0 bridgehead atoms. The number of hydrogen-bond donors (Lipinski definition) is 1. The van der Waals surface area contributed by atoms with Crippen molar-refractivity contribution in [2.75, 3.05) is 7.11 Å². The van der Waals surface area contributed by atoms with Gasteiger partial charge in [-0.1, -0.05) is 0 Å². The summed E-state index contributed by atoms with van der Waals surface area (Å²) < 4.78 is 4.84. The average Bonchev–Trinajstić information content (AvgIpc) is 2.16. The Balaban J connectivity index is 3.18. The monoisotopic (exact) mass is 197 g/mol. The Kier molecular flexibility index (Phi) is 3.03. The molecule has 0 aliphatic heterocycles. The number of ether oxygens (including phenoxy) is 1. The summed E-state index contributed by atoms with van der Waals surface area (Å²) >= 11 is 0. The predicted octanol–water partition coefficient (Wildman–Crippen LogP) is 1.66. The van der Waals surface area contributed by atoms with Crippen LogP contribution in [-0.4, -0.2) is 17.1 Å². The molecule has 76 valence electrons. The molecule has 0 aliphatic carbocycles. The van der Waals surface area contributed by atoms with Gasteiger partial charge in [-0.05, 0) is 24.6 Å². The summed E-state index contributed by atoms with van der Waals surface area (Å²) in [6.07, 6.45) is -0.662. The van der Waals surface area contributed by atoms with Gasteiger partial charge in [-0.3, -0.25) is 10.1 Å². The van der Waals surface area contributed by atoms with Crippen LogP contribution in [0.5, 0.6) is 5.75 Å². The Morgan fingerprint density at radius 1 is 1.57 bits per heavy atom. The molecular weight excluding hydrogens is 186 g/mol. The summed E-state index contributed by atoms with van der Waals surface area (Å²) in [5, 5.41) is 19.8. The van der Waals surface area contributed by atoms with E-state index < -0.39 is 11.0 Å². The number of benzene rings is 1. The van der Waals surface area contributed by atoms with E-state index in [0.29, 0.717) is 5.56 Å². The maximum absolute atomic E-state index is 10.5. The molecular formula is C9H11NO4. The van der Waals surface area contributed by atoms with Gasteiger partial charge in [0.05, 0.1) is 18.1 Å². The lowest BCUT2D eigenvalue weighted by atomic mass is 10.1. The minimum atomic E-state index is -0.662. The fourth-order valence-corrected chi connectivity index (χ4v) is 1.10. The number of nitro groups is 1. The van der Waals surface area contributed by atoms with E-state index in [1.165, 1.54) is 25.3 Å². The van der Waals surface area contributed by atoms with E-state index in [4.69, 9.17) is 4.74 Å². The van der Waals surface area contributed by atoms with E-state index in [2.05, 4.69) is 0 Å². The number of nitro benzene ring substituents is 1. The maximum Gasteiger partial charge on any atom is 0.310 e. The smallest absolute Gasteiger partial charge is 0.310 e. The van der Waals surface area contributed by atoms with Crippen molar-refractivity contribution in [1.82, 2.24) is 0 Å². The zero-order valence-electron chi connectivity index (χ0n) is 7.93. The highest BCUT2D eigenvalue weighted by Gasteiger charge is 2.15. The van der Waals surface area contributed by atoms with Crippen molar-refractivity contribution in [3.63, 3.8) is 0 Å². The van der Waals surface area contributed by atoms with E-state index >= 15 is 0 Å². The molecule has 1 aromatic rings. The summed E-state index contributed by atoms with van der Waals surface area (Å²) in [5.74, 6) is 0.161. The molecule has 5 nitrogen and oxygen atoms in total. The van der Waals surface area contributed by atoms with Crippen molar-refractivity contribution >= 4 is 5.69 Å². The second-order valence-corrected chi connectivity index (χ2v) is 2.86. The van der Waals surface area contributed by atoms with Gasteiger partial charge in [0.15, 0.2) is 5.75 Å². The molecule has 0 saturated carbocycles. The van der Waals surface area contributed by atoms with Gasteiger partial charge in [0.1, 0.15) is 0 Å². The summed E-state index contributed by atoms with van der Waals surface area (Å²) in [7, 11) is 1.36. The Morgan fingerprint density at radius 3 is 2.64 bits per heavy atom. The minimum Gasteiger partial charge on any atom is -0.490 e. The fourth-order valence-electron chi connectivity index (χ4n) is 1.10. The Labute approximate surface area is 81.1 Å². The molecule has 1 N–H and O–H groups in total. The van der Waals surface area contributed by atoms with E-state index in [0.717, 1.165) is 0 Å². The number of hydrogen-bond acceptors (Lipinski definition) is 4. The summed E-state index contributed by atoms with van der Waals surface area (Å²) in [4.78, 5) is 10.0. The first-order chi connectivity index (χ1) is 6.56. The number of nitrogens with zero attached hydrogens (tertiary/aromatic N) is 1. The van der Waals surface area contributed by atoms with Crippen LogP contribution in [0.3, 0.4) is 0 Å². The van der Waals surface area contributed by atoms with Crippen LogP contribution in [0.25, 0.3) is 0 Å². The summed E-state index contributed by atoms with van der Waals surface area (Å²) in [5.41, 5.74) is 0.490. The molecule has 0 radical (unpaired) electrons. The van der Waals surface area contributed by atoms with Crippen LogP contribution in [0.1, 0.15) is 18.6 Å². The largest absolute Gasteiger partial charge is 0.490 e. The zero-order valence-corrected chi connectivity index (χ0v) is 7.93. The first kappa shape index (κ1) is 10.5. The normalized spacial score (nSPS) is 12.2. The predicted molar refractivity (Wildman–Crippen MR) is 50.3 cm³/mol. The van der Waals surface area contributed by atoms with Gasteiger partial charge in [-0.25, -0.2) is 0 Å². The lowest BCUT2D eigenvalue weighted by Crippen LogP contribution is -1.97. The highest BCUT2D eigenvalue weighted by Crippen LogP contribution is 2.29. The van der Waals surface area contributed by atoms with Crippen molar-refractivity contribution in [2.45, 2.75) is 13.0 Å². The lowest BCUT2D eigenvalue weighted by Gasteiger charge is -2.06. The standard InChI is InChI=1S/C9H11NO4/c1-6(11)7-3-4-8(10(12)13)9(5-7)14-2/h3-6,11H,1-2H3/t6-/m1/s1. The van der Waals surface area contributed by atoms with Gasteiger partial charge < -0.3 is 9.84 Å². The van der Waals surface area contributed by atoms with Crippen molar-refractivity contribution in [2.24, 2.45) is 0 Å². The first-order valence-electron chi connectivity index (χ1n) is 4.06. The van der Waals surface area contributed by atoms with Crippen molar-refractivity contribution in [3.05, 3.63) is 33.9 Å². The lowest BCUT2D eigenvalue weighted by molar-refractivity contribution is -0.385. The number of aliphatic hydroxyl groups excluding tert-OH is 1. The molecule has 0 spiro atoms. The SMILES string of the molecule is COc1cc([C@@H](C)O)ccc1[N+](=O)[O-]. The quantitative estimate of drug-likeness (QED) is 0.590. The van der Waals surface area contributed by atoms with Crippen LogP contribution in [0.2, 0.25) is 0 Å². The van der Waals surface area contributed by atoms with Gasteiger partial charge in [0.2, 0.25) is 0 Å². The van der Waals surface area contributed by atoms with Gasteiger partial charge in [-0.15, -0.1) is 0 Å². The third kappa shape index (κ3) is 2.00. The molecule has 1 atom stereocenters. The van der Waals surface area contributed by atoms with Crippen LogP contribution < -0.4 is 4.74 Å². The molecule has 0 unspecified atom stereocenters. The number of methoxy groups -OCH3 is 1. The van der Waals surface area contributed by atoms with Gasteiger partial charge in [-0.2, -0.15) is 0 Å². The average molecular weight is 197 g/mol. The molecule has 1 rings (SSSR count). The fraction of sp³-hybridized carbons (Fsp3) is 0.333. The first-order valence-corrected chi connectivity index (χ1v) is 4.06. The highest BCUT2D eigenvalue weighted by atomic mass is 16.6. The zero-order chi connectivity index (χ0) is 10.7. The number of rotatable bonds is 3. The molecule has 0 aromatic heterocycles. The molecule has 1 aromatic carbocycles. The maximum atomic E-state index is 10.5. The van der Waals surface area contributed by atoms with Crippen LogP contribution in [0, 0.1) is 10.1 Å². The molecule has 0 amide bonds. The van der Waals surface area contributed by atoms with Crippen LogP contribution in [0.4, 0.5) is 5.69 Å². The van der Waals surface area contributed by atoms with E-state index in [9.17, 15) is 15.2 Å². The minimum absolute atomic E-state index is 0.100. The molecule has 0 saturated heterocycles. The summed E-state index contributed by atoms with van der Waals surface area (Å²) in [6, 6.07) is 4.29. The van der Waals surface area contributed by atoms with E-state index in [1.54, 1.807) is 6.92 Å². The van der Waals surface area contributed by atoms with Crippen LogP contribution in [0.15, 0.2) is 18.2 Å². The molecule has 14 heavy (non-hydrogen) atoms. The van der Waals surface area contributed by atoms with Crippen molar-refractivity contribution in [3.8, 4) is 5.75 Å².